The molecule has 2 aromatic heterocycles. The predicted octanol–water partition coefficient (Wildman–Crippen LogP) is 3.41. The number of aliphatic hydroxyl groups is 1. The van der Waals surface area contributed by atoms with Crippen LogP contribution in [0.4, 0.5) is 0 Å². The molecule has 0 aliphatic heterocycles. The Kier molecular flexibility index (Phi) is 3.05. The second kappa shape index (κ2) is 4.86. The zero-order valence-electron chi connectivity index (χ0n) is 10.7. The molecular weight excluding hydrogens is 238 g/mol. The molecule has 1 N–H and O–H groups in total. The summed E-state index contributed by atoms with van der Waals surface area (Å²) in [5, 5.41) is 11.4. The molecule has 0 spiro atoms. The molecule has 3 aromatic rings. The molecule has 0 saturated heterocycles. The molecule has 0 fully saturated rings. The van der Waals surface area contributed by atoms with E-state index in [-0.39, 0.29) is 0 Å². The quantitative estimate of drug-likeness (QED) is 0.778. The third kappa shape index (κ3) is 2.37. The SMILES string of the molecule is Cc1cc(C(O)Cc2ccoc2)nc2ccccc12. The topological polar surface area (TPSA) is 46.3 Å². The second-order valence-corrected chi connectivity index (χ2v) is 4.73. The third-order valence-electron chi connectivity index (χ3n) is 3.29. The molecule has 0 amide bonds. The number of para-hydroxylation sites is 1. The monoisotopic (exact) mass is 253 g/mol. The number of hydrogen-bond acceptors (Lipinski definition) is 3. The molecule has 2 heterocycles. The van der Waals surface area contributed by atoms with Crippen LogP contribution in [-0.4, -0.2) is 10.1 Å². The highest BCUT2D eigenvalue weighted by atomic mass is 16.3. The van der Waals surface area contributed by atoms with Crippen LogP contribution in [0.25, 0.3) is 10.9 Å². The maximum atomic E-state index is 10.3. The molecule has 3 rings (SSSR count). The lowest BCUT2D eigenvalue weighted by atomic mass is 10.0. The van der Waals surface area contributed by atoms with E-state index in [0.717, 1.165) is 22.0 Å². The number of aromatic nitrogens is 1. The fraction of sp³-hybridized carbons (Fsp3) is 0.188. The van der Waals surface area contributed by atoms with Crippen LogP contribution in [0.5, 0.6) is 0 Å². The van der Waals surface area contributed by atoms with Gasteiger partial charge >= 0.3 is 0 Å². The lowest BCUT2D eigenvalue weighted by Gasteiger charge is -2.11. The number of rotatable bonds is 3. The molecule has 0 radical (unpaired) electrons. The van der Waals surface area contributed by atoms with Gasteiger partial charge in [0.05, 0.1) is 23.7 Å². The van der Waals surface area contributed by atoms with Gasteiger partial charge in [0.2, 0.25) is 0 Å². The summed E-state index contributed by atoms with van der Waals surface area (Å²) in [5.41, 5.74) is 3.73. The van der Waals surface area contributed by atoms with Gasteiger partial charge in [-0.15, -0.1) is 0 Å². The van der Waals surface area contributed by atoms with E-state index in [2.05, 4.69) is 4.98 Å². The van der Waals surface area contributed by atoms with Gasteiger partial charge in [-0.05, 0) is 36.2 Å². The van der Waals surface area contributed by atoms with Crippen LogP contribution in [0.15, 0.2) is 53.3 Å². The number of aryl methyl sites for hydroxylation is 1. The van der Waals surface area contributed by atoms with Gasteiger partial charge < -0.3 is 9.52 Å². The molecule has 0 aliphatic rings. The highest BCUT2D eigenvalue weighted by Crippen LogP contribution is 2.23. The van der Waals surface area contributed by atoms with Gasteiger partial charge in [-0.2, -0.15) is 0 Å². The second-order valence-electron chi connectivity index (χ2n) is 4.73. The van der Waals surface area contributed by atoms with E-state index in [0.29, 0.717) is 12.1 Å². The summed E-state index contributed by atoms with van der Waals surface area (Å²) in [6.45, 7) is 2.04. The zero-order valence-corrected chi connectivity index (χ0v) is 10.7. The van der Waals surface area contributed by atoms with E-state index in [1.54, 1.807) is 12.5 Å². The van der Waals surface area contributed by atoms with Crippen LogP contribution in [0.2, 0.25) is 0 Å². The Balaban J connectivity index is 1.96. The van der Waals surface area contributed by atoms with Crippen LogP contribution in [0.1, 0.15) is 22.9 Å². The average Bonchev–Trinajstić information content (AvgIpc) is 2.91. The lowest BCUT2D eigenvalue weighted by Crippen LogP contribution is -2.04. The molecule has 1 aromatic carbocycles. The van der Waals surface area contributed by atoms with Crippen molar-refractivity contribution in [3.05, 3.63) is 65.7 Å². The molecule has 1 unspecified atom stereocenters. The summed E-state index contributed by atoms with van der Waals surface area (Å²) in [7, 11) is 0. The Morgan fingerprint density at radius 1 is 1.26 bits per heavy atom. The summed E-state index contributed by atoms with van der Waals surface area (Å²) in [5.74, 6) is 0. The first-order chi connectivity index (χ1) is 9.24. The number of aliphatic hydroxyl groups excluding tert-OH is 1. The molecule has 96 valence electrons. The van der Waals surface area contributed by atoms with Crippen molar-refractivity contribution >= 4 is 10.9 Å². The van der Waals surface area contributed by atoms with E-state index in [1.165, 1.54) is 0 Å². The Bertz CT molecular complexity index is 689. The Morgan fingerprint density at radius 3 is 2.89 bits per heavy atom. The Hall–Kier alpha value is -2.13. The highest BCUT2D eigenvalue weighted by molar-refractivity contribution is 5.82. The standard InChI is InChI=1S/C16H15NO2/c1-11-8-15(16(18)9-12-6-7-19-10-12)17-14-5-3-2-4-13(11)14/h2-8,10,16,18H,9H2,1H3. The van der Waals surface area contributed by atoms with Gasteiger partial charge in [0, 0.05) is 11.8 Å². The van der Waals surface area contributed by atoms with E-state index < -0.39 is 6.10 Å². The normalized spacial score (nSPS) is 12.7. The summed E-state index contributed by atoms with van der Waals surface area (Å²) in [6.07, 6.45) is 3.17. The molecular formula is C16H15NO2. The van der Waals surface area contributed by atoms with Crippen molar-refractivity contribution in [2.24, 2.45) is 0 Å². The summed E-state index contributed by atoms with van der Waals surface area (Å²) >= 11 is 0. The first-order valence-electron chi connectivity index (χ1n) is 6.29. The van der Waals surface area contributed by atoms with Crippen LogP contribution >= 0.6 is 0 Å². The van der Waals surface area contributed by atoms with Gasteiger partial charge in [-0.3, -0.25) is 4.98 Å². The van der Waals surface area contributed by atoms with Gasteiger partial charge in [0.25, 0.3) is 0 Å². The van der Waals surface area contributed by atoms with E-state index in [4.69, 9.17) is 4.42 Å². The Morgan fingerprint density at radius 2 is 2.11 bits per heavy atom. The number of fused-ring (bicyclic) bond motifs is 1. The summed E-state index contributed by atoms with van der Waals surface area (Å²) in [4.78, 5) is 4.54. The average molecular weight is 253 g/mol. The third-order valence-corrected chi connectivity index (χ3v) is 3.29. The van der Waals surface area contributed by atoms with E-state index in [1.807, 2.05) is 43.3 Å². The van der Waals surface area contributed by atoms with Gasteiger partial charge in [0.15, 0.2) is 0 Å². The van der Waals surface area contributed by atoms with Crippen molar-refractivity contribution < 1.29 is 9.52 Å². The lowest BCUT2D eigenvalue weighted by molar-refractivity contribution is 0.173. The maximum absolute atomic E-state index is 10.3. The van der Waals surface area contributed by atoms with Crippen molar-refractivity contribution in [1.82, 2.24) is 4.98 Å². The number of pyridine rings is 1. The van der Waals surface area contributed by atoms with Crippen LogP contribution < -0.4 is 0 Å². The van der Waals surface area contributed by atoms with Crippen molar-refractivity contribution in [1.29, 1.82) is 0 Å². The smallest absolute Gasteiger partial charge is 0.100 e. The minimum Gasteiger partial charge on any atom is -0.472 e. The first-order valence-corrected chi connectivity index (χ1v) is 6.29. The van der Waals surface area contributed by atoms with Crippen molar-refractivity contribution in [3.8, 4) is 0 Å². The van der Waals surface area contributed by atoms with Crippen molar-refractivity contribution in [2.75, 3.05) is 0 Å². The first kappa shape index (κ1) is 11.9. The fourth-order valence-corrected chi connectivity index (χ4v) is 2.28. The van der Waals surface area contributed by atoms with Crippen molar-refractivity contribution in [3.63, 3.8) is 0 Å². The van der Waals surface area contributed by atoms with Crippen LogP contribution in [-0.2, 0) is 6.42 Å². The Labute approximate surface area is 111 Å². The molecule has 0 bridgehead atoms. The number of benzene rings is 1. The molecule has 19 heavy (non-hydrogen) atoms. The molecule has 0 aliphatic carbocycles. The highest BCUT2D eigenvalue weighted by Gasteiger charge is 2.12. The zero-order chi connectivity index (χ0) is 13.2. The van der Waals surface area contributed by atoms with Crippen molar-refractivity contribution in [2.45, 2.75) is 19.4 Å². The van der Waals surface area contributed by atoms with E-state index >= 15 is 0 Å². The molecule has 3 nitrogen and oxygen atoms in total. The number of nitrogens with zero attached hydrogens (tertiary/aromatic N) is 1. The largest absolute Gasteiger partial charge is 0.472 e. The molecule has 1 atom stereocenters. The fourth-order valence-electron chi connectivity index (χ4n) is 2.28. The number of furan rings is 1. The minimum atomic E-state index is -0.610. The van der Waals surface area contributed by atoms with E-state index in [9.17, 15) is 5.11 Å². The molecule has 0 saturated carbocycles. The van der Waals surface area contributed by atoms with Gasteiger partial charge in [0.1, 0.15) is 6.10 Å². The van der Waals surface area contributed by atoms with Gasteiger partial charge in [-0.25, -0.2) is 0 Å². The maximum Gasteiger partial charge on any atom is 0.100 e. The minimum absolute atomic E-state index is 0.515. The van der Waals surface area contributed by atoms with Crippen LogP contribution in [0, 0.1) is 6.92 Å². The van der Waals surface area contributed by atoms with Gasteiger partial charge in [-0.1, -0.05) is 18.2 Å². The summed E-state index contributed by atoms with van der Waals surface area (Å²) < 4.78 is 5.01. The molecule has 3 heteroatoms. The predicted molar refractivity (Wildman–Crippen MR) is 73.9 cm³/mol. The summed E-state index contributed by atoms with van der Waals surface area (Å²) in [6, 6.07) is 11.8. The number of hydrogen-bond donors (Lipinski definition) is 1. The van der Waals surface area contributed by atoms with Crippen LogP contribution in [0.3, 0.4) is 0 Å².